The summed E-state index contributed by atoms with van der Waals surface area (Å²) in [6.07, 6.45) is 2.91. The van der Waals surface area contributed by atoms with Gasteiger partial charge < -0.3 is 9.47 Å². The summed E-state index contributed by atoms with van der Waals surface area (Å²) < 4.78 is 1.98. The minimum Gasteiger partial charge on any atom is -0.354 e. The number of amides is 1. The molecule has 1 aliphatic heterocycles. The van der Waals surface area contributed by atoms with Gasteiger partial charge in [0.25, 0.3) is 5.91 Å². The van der Waals surface area contributed by atoms with Crippen LogP contribution >= 0.6 is 11.6 Å². The van der Waals surface area contributed by atoms with Gasteiger partial charge in [0, 0.05) is 43.0 Å². The number of nitrogens with zero attached hydrogens (tertiary/aromatic N) is 2. The van der Waals surface area contributed by atoms with E-state index in [1.54, 1.807) is 0 Å². The van der Waals surface area contributed by atoms with E-state index in [4.69, 9.17) is 11.6 Å². The molecule has 1 amide bonds. The Bertz CT molecular complexity index is 677. The van der Waals surface area contributed by atoms with Crippen molar-refractivity contribution < 1.29 is 4.79 Å². The molecule has 0 saturated carbocycles. The largest absolute Gasteiger partial charge is 0.354 e. The van der Waals surface area contributed by atoms with Gasteiger partial charge in [-0.05, 0) is 31.0 Å². The third kappa shape index (κ3) is 2.58. The Morgan fingerprint density at radius 3 is 2.71 bits per heavy atom. The van der Waals surface area contributed by atoms with Crippen molar-refractivity contribution in [2.45, 2.75) is 19.3 Å². The Morgan fingerprint density at radius 1 is 1.29 bits per heavy atom. The van der Waals surface area contributed by atoms with Gasteiger partial charge in [0.05, 0.1) is 5.56 Å². The van der Waals surface area contributed by atoms with E-state index in [9.17, 15) is 4.79 Å². The molecule has 110 valence electrons. The molecule has 0 bridgehead atoms. The second-order valence-electron chi connectivity index (χ2n) is 5.68. The Hall–Kier alpha value is -1.74. The maximum atomic E-state index is 12.6. The zero-order valence-electron chi connectivity index (χ0n) is 12.3. The summed E-state index contributed by atoms with van der Waals surface area (Å²) in [5.41, 5.74) is 2.97. The Kier molecular flexibility index (Phi) is 3.77. The van der Waals surface area contributed by atoms with E-state index in [1.807, 2.05) is 53.9 Å². The molecule has 0 N–H and O–H groups in total. The first-order valence-corrected chi connectivity index (χ1v) is 7.61. The number of benzene rings is 1. The van der Waals surface area contributed by atoms with Crippen LogP contribution in [0.3, 0.4) is 0 Å². The van der Waals surface area contributed by atoms with Crippen LogP contribution in [0, 0.1) is 6.92 Å². The first kappa shape index (κ1) is 14.2. The van der Waals surface area contributed by atoms with Crippen LogP contribution in [0.2, 0.25) is 5.02 Å². The first-order chi connectivity index (χ1) is 10.1. The predicted octanol–water partition coefficient (Wildman–Crippen LogP) is 3.62. The molecular weight excluding hydrogens is 284 g/mol. The summed E-state index contributed by atoms with van der Waals surface area (Å²) in [5.74, 6) is 0.467. The lowest BCUT2D eigenvalue weighted by Crippen LogP contribution is -2.28. The number of likely N-dealkylation sites (tertiary alicyclic amines) is 1. The van der Waals surface area contributed by atoms with Gasteiger partial charge in [-0.15, -0.1) is 0 Å². The van der Waals surface area contributed by atoms with E-state index in [1.165, 1.54) is 0 Å². The molecular formula is C17H19ClN2O. The van der Waals surface area contributed by atoms with E-state index in [-0.39, 0.29) is 5.91 Å². The van der Waals surface area contributed by atoms with Crippen molar-refractivity contribution in [2.75, 3.05) is 13.1 Å². The molecule has 1 aliphatic rings. The molecule has 1 aromatic carbocycles. The number of aromatic nitrogens is 1. The minimum atomic E-state index is 0.127. The van der Waals surface area contributed by atoms with Gasteiger partial charge >= 0.3 is 0 Å². The van der Waals surface area contributed by atoms with E-state index in [0.717, 1.165) is 41.4 Å². The van der Waals surface area contributed by atoms with Crippen molar-refractivity contribution in [1.29, 1.82) is 0 Å². The molecule has 0 radical (unpaired) electrons. The number of hydrogen-bond acceptors (Lipinski definition) is 1. The van der Waals surface area contributed by atoms with Gasteiger partial charge in [-0.1, -0.05) is 29.8 Å². The smallest absolute Gasteiger partial charge is 0.255 e. The summed E-state index contributed by atoms with van der Waals surface area (Å²) in [6, 6.07) is 9.84. The van der Waals surface area contributed by atoms with Crippen molar-refractivity contribution in [2.24, 2.45) is 7.05 Å². The molecule has 2 aromatic rings. The highest BCUT2D eigenvalue weighted by atomic mass is 35.5. The molecule has 1 atom stereocenters. The zero-order chi connectivity index (χ0) is 15.0. The van der Waals surface area contributed by atoms with E-state index in [2.05, 4.69) is 6.07 Å². The van der Waals surface area contributed by atoms with Gasteiger partial charge in [-0.25, -0.2) is 0 Å². The predicted molar refractivity (Wildman–Crippen MR) is 84.9 cm³/mol. The van der Waals surface area contributed by atoms with Gasteiger partial charge in [0.1, 0.15) is 0 Å². The lowest BCUT2D eigenvalue weighted by Gasteiger charge is -2.17. The van der Waals surface area contributed by atoms with E-state index < -0.39 is 0 Å². The van der Waals surface area contributed by atoms with Gasteiger partial charge in [-0.2, -0.15) is 0 Å². The van der Waals surface area contributed by atoms with Crippen molar-refractivity contribution in [1.82, 2.24) is 9.47 Å². The standard InChI is InChI=1S/C17H19ClN2O/c1-12-14(8-9-19(12)2)17(21)20-10-7-13(11-20)15-5-3-4-6-16(15)18/h3-6,8-9,13H,7,10-11H2,1-2H3/t13-/m0/s1. The second-order valence-corrected chi connectivity index (χ2v) is 6.09. The summed E-state index contributed by atoms with van der Waals surface area (Å²) in [7, 11) is 1.96. The SMILES string of the molecule is Cc1c(C(=O)N2CC[C@H](c3ccccc3Cl)C2)ccn1C. The molecule has 1 fully saturated rings. The van der Waals surface area contributed by atoms with E-state index in [0.29, 0.717) is 5.92 Å². The fraction of sp³-hybridized carbons (Fsp3) is 0.353. The number of carbonyl (C=O) groups is 1. The molecule has 4 heteroatoms. The maximum Gasteiger partial charge on any atom is 0.255 e. The molecule has 3 nitrogen and oxygen atoms in total. The fourth-order valence-corrected chi connectivity index (χ4v) is 3.30. The summed E-state index contributed by atoms with van der Waals surface area (Å²) >= 11 is 6.27. The Balaban J connectivity index is 1.77. The molecule has 0 unspecified atom stereocenters. The number of carbonyl (C=O) groups excluding carboxylic acids is 1. The molecule has 3 rings (SSSR count). The molecule has 0 spiro atoms. The van der Waals surface area contributed by atoms with Gasteiger partial charge in [-0.3, -0.25) is 4.79 Å². The summed E-state index contributed by atoms with van der Waals surface area (Å²) in [5, 5.41) is 0.799. The van der Waals surface area contributed by atoms with Crippen molar-refractivity contribution in [3.8, 4) is 0 Å². The summed E-state index contributed by atoms with van der Waals surface area (Å²) in [4.78, 5) is 14.6. The number of halogens is 1. The van der Waals surface area contributed by atoms with E-state index >= 15 is 0 Å². The normalized spacial score (nSPS) is 18.2. The van der Waals surface area contributed by atoms with Crippen LogP contribution in [0.15, 0.2) is 36.5 Å². The van der Waals surface area contributed by atoms with Crippen molar-refractivity contribution in [3.05, 3.63) is 58.4 Å². The van der Waals surface area contributed by atoms with Gasteiger partial charge in [0.15, 0.2) is 0 Å². The Labute approximate surface area is 130 Å². The van der Waals surface area contributed by atoms with Crippen molar-refractivity contribution in [3.63, 3.8) is 0 Å². The lowest BCUT2D eigenvalue weighted by molar-refractivity contribution is 0.0790. The summed E-state index contributed by atoms with van der Waals surface area (Å²) in [6.45, 7) is 3.52. The maximum absolute atomic E-state index is 12.6. The molecule has 2 heterocycles. The number of aryl methyl sites for hydroxylation is 1. The number of rotatable bonds is 2. The zero-order valence-corrected chi connectivity index (χ0v) is 13.1. The molecule has 0 aliphatic carbocycles. The third-order valence-corrected chi connectivity index (χ3v) is 4.78. The minimum absolute atomic E-state index is 0.127. The van der Waals surface area contributed by atoms with Crippen LogP contribution in [-0.4, -0.2) is 28.5 Å². The molecule has 1 aromatic heterocycles. The quantitative estimate of drug-likeness (QED) is 0.832. The first-order valence-electron chi connectivity index (χ1n) is 7.23. The van der Waals surface area contributed by atoms with Gasteiger partial charge in [0.2, 0.25) is 0 Å². The van der Waals surface area contributed by atoms with Crippen LogP contribution in [-0.2, 0) is 7.05 Å². The topological polar surface area (TPSA) is 25.2 Å². The van der Waals surface area contributed by atoms with Crippen LogP contribution in [0.1, 0.15) is 34.0 Å². The van der Waals surface area contributed by atoms with Crippen LogP contribution < -0.4 is 0 Å². The third-order valence-electron chi connectivity index (χ3n) is 4.43. The highest BCUT2D eigenvalue weighted by Gasteiger charge is 2.29. The monoisotopic (exact) mass is 302 g/mol. The average molecular weight is 303 g/mol. The number of hydrogen-bond donors (Lipinski definition) is 0. The highest BCUT2D eigenvalue weighted by molar-refractivity contribution is 6.31. The average Bonchev–Trinajstić information content (AvgIpc) is 3.08. The van der Waals surface area contributed by atoms with Crippen LogP contribution in [0.5, 0.6) is 0 Å². The Morgan fingerprint density at radius 2 is 2.05 bits per heavy atom. The molecule has 21 heavy (non-hydrogen) atoms. The lowest BCUT2D eigenvalue weighted by atomic mass is 9.98. The van der Waals surface area contributed by atoms with Crippen molar-refractivity contribution >= 4 is 17.5 Å². The molecule has 1 saturated heterocycles. The highest BCUT2D eigenvalue weighted by Crippen LogP contribution is 2.32. The van der Waals surface area contributed by atoms with Crippen LogP contribution in [0.25, 0.3) is 0 Å². The second kappa shape index (κ2) is 5.57. The fourth-order valence-electron chi connectivity index (χ4n) is 3.01. The van der Waals surface area contributed by atoms with Crippen LogP contribution in [0.4, 0.5) is 0 Å².